The second-order valence-corrected chi connectivity index (χ2v) is 4.40. The number of ether oxygens (including phenoxy) is 3. The van der Waals surface area contributed by atoms with Crippen molar-refractivity contribution in [3.05, 3.63) is 23.8 Å². The van der Waals surface area contributed by atoms with Gasteiger partial charge in [0.25, 0.3) is 0 Å². The molecule has 0 aliphatic heterocycles. The second kappa shape index (κ2) is 8.27. The molecule has 2 amide bonds. The van der Waals surface area contributed by atoms with Crippen LogP contribution in [0.3, 0.4) is 0 Å². The van der Waals surface area contributed by atoms with Gasteiger partial charge in [0.15, 0.2) is 0 Å². The van der Waals surface area contributed by atoms with E-state index in [-0.39, 0.29) is 12.1 Å². The largest absolute Gasteiger partial charge is 0.497 e. The van der Waals surface area contributed by atoms with Crippen LogP contribution in [0, 0.1) is 0 Å². The van der Waals surface area contributed by atoms with Gasteiger partial charge in [-0.05, 0) is 24.6 Å². The summed E-state index contributed by atoms with van der Waals surface area (Å²) in [5, 5.41) is 5.54. The third kappa shape index (κ3) is 5.36. The highest BCUT2D eigenvalue weighted by atomic mass is 16.5. The fourth-order valence-electron chi connectivity index (χ4n) is 1.72. The minimum atomic E-state index is -0.240. The lowest BCUT2D eigenvalue weighted by Gasteiger charge is -2.14. The number of carbonyl (C=O) groups excluding carboxylic acids is 1. The first-order chi connectivity index (χ1) is 9.58. The van der Waals surface area contributed by atoms with Crippen molar-refractivity contribution in [3.63, 3.8) is 0 Å². The zero-order valence-electron chi connectivity index (χ0n) is 12.4. The highest BCUT2D eigenvalue weighted by Crippen LogP contribution is 2.22. The zero-order valence-corrected chi connectivity index (χ0v) is 12.4. The lowest BCUT2D eigenvalue weighted by Crippen LogP contribution is -2.42. The maximum Gasteiger partial charge on any atom is 0.315 e. The molecule has 0 saturated heterocycles. The van der Waals surface area contributed by atoms with Crippen LogP contribution in [0.4, 0.5) is 4.79 Å². The number of methoxy groups -OCH3 is 3. The van der Waals surface area contributed by atoms with Crippen molar-refractivity contribution in [1.82, 2.24) is 10.6 Å². The minimum Gasteiger partial charge on any atom is -0.497 e. The average Bonchev–Trinajstić information content (AvgIpc) is 2.44. The van der Waals surface area contributed by atoms with Crippen LogP contribution in [0.15, 0.2) is 18.2 Å². The first kappa shape index (κ1) is 16.1. The van der Waals surface area contributed by atoms with Crippen LogP contribution in [0.5, 0.6) is 11.5 Å². The van der Waals surface area contributed by atoms with E-state index in [1.165, 1.54) is 0 Å². The highest BCUT2D eigenvalue weighted by molar-refractivity contribution is 5.74. The van der Waals surface area contributed by atoms with Gasteiger partial charge in [-0.2, -0.15) is 0 Å². The van der Waals surface area contributed by atoms with Gasteiger partial charge in [0, 0.05) is 19.7 Å². The fraction of sp³-hybridized carbons (Fsp3) is 0.500. The minimum absolute atomic E-state index is 0.0418. The summed E-state index contributed by atoms with van der Waals surface area (Å²) in [4.78, 5) is 11.7. The van der Waals surface area contributed by atoms with E-state index in [1.807, 2.05) is 19.1 Å². The van der Waals surface area contributed by atoms with Crippen LogP contribution < -0.4 is 20.1 Å². The molecule has 1 atom stereocenters. The van der Waals surface area contributed by atoms with Crippen LogP contribution >= 0.6 is 0 Å². The Morgan fingerprint density at radius 2 is 1.75 bits per heavy atom. The van der Waals surface area contributed by atoms with Crippen molar-refractivity contribution >= 4 is 6.03 Å². The van der Waals surface area contributed by atoms with Crippen LogP contribution in [0.25, 0.3) is 0 Å². The molecule has 20 heavy (non-hydrogen) atoms. The fourth-order valence-corrected chi connectivity index (χ4v) is 1.72. The van der Waals surface area contributed by atoms with Crippen LogP contribution in [0.2, 0.25) is 0 Å². The number of rotatable bonds is 7. The zero-order chi connectivity index (χ0) is 15.0. The summed E-state index contributed by atoms with van der Waals surface area (Å²) in [6, 6.07) is 5.20. The lowest BCUT2D eigenvalue weighted by molar-refractivity contribution is 0.171. The number of amides is 2. The second-order valence-electron chi connectivity index (χ2n) is 4.40. The molecule has 1 aromatic rings. The topological polar surface area (TPSA) is 68.8 Å². The smallest absolute Gasteiger partial charge is 0.315 e. The molecule has 0 fully saturated rings. The van der Waals surface area contributed by atoms with E-state index < -0.39 is 0 Å². The molecule has 6 heteroatoms. The summed E-state index contributed by atoms with van der Waals surface area (Å²) < 4.78 is 15.3. The Morgan fingerprint density at radius 1 is 1.15 bits per heavy atom. The van der Waals surface area contributed by atoms with Gasteiger partial charge in [0.05, 0.1) is 26.9 Å². The van der Waals surface area contributed by atoms with Gasteiger partial charge >= 0.3 is 6.03 Å². The third-order valence-corrected chi connectivity index (χ3v) is 2.66. The van der Waals surface area contributed by atoms with Gasteiger partial charge < -0.3 is 24.8 Å². The predicted molar refractivity (Wildman–Crippen MR) is 76.3 cm³/mol. The van der Waals surface area contributed by atoms with Crippen molar-refractivity contribution < 1.29 is 19.0 Å². The molecule has 0 heterocycles. The number of nitrogens with one attached hydrogen (secondary N) is 2. The Morgan fingerprint density at radius 3 is 2.25 bits per heavy atom. The quantitative estimate of drug-likeness (QED) is 0.796. The Labute approximate surface area is 119 Å². The molecular weight excluding hydrogens is 260 g/mol. The van der Waals surface area contributed by atoms with E-state index in [4.69, 9.17) is 14.2 Å². The molecule has 112 valence electrons. The number of carbonyl (C=O) groups is 1. The monoisotopic (exact) mass is 282 g/mol. The third-order valence-electron chi connectivity index (χ3n) is 2.66. The summed E-state index contributed by atoms with van der Waals surface area (Å²) >= 11 is 0. The van der Waals surface area contributed by atoms with Crippen LogP contribution in [-0.2, 0) is 11.3 Å². The molecule has 0 aromatic heterocycles. The SMILES string of the molecule is COCC(C)NC(=O)NCc1cc(OC)cc(OC)c1. The van der Waals surface area contributed by atoms with Crippen molar-refractivity contribution in [3.8, 4) is 11.5 Å². The van der Waals surface area contributed by atoms with E-state index in [9.17, 15) is 4.79 Å². The normalized spacial score (nSPS) is 11.6. The molecule has 0 aliphatic rings. The van der Waals surface area contributed by atoms with Crippen LogP contribution in [0.1, 0.15) is 12.5 Å². The van der Waals surface area contributed by atoms with Crippen molar-refractivity contribution in [1.29, 1.82) is 0 Å². The highest BCUT2D eigenvalue weighted by Gasteiger charge is 2.07. The maximum absolute atomic E-state index is 11.7. The molecule has 1 unspecified atom stereocenters. The molecule has 2 N–H and O–H groups in total. The lowest BCUT2D eigenvalue weighted by atomic mass is 10.2. The Kier molecular flexibility index (Phi) is 6.66. The Balaban J connectivity index is 2.54. The number of benzene rings is 1. The number of hydrogen-bond donors (Lipinski definition) is 2. The van der Waals surface area contributed by atoms with Gasteiger partial charge in [-0.1, -0.05) is 0 Å². The van der Waals surface area contributed by atoms with Gasteiger partial charge in [-0.15, -0.1) is 0 Å². The summed E-state index contributed by atoms with van der Waals surface area (Å²) in [5.74, 6) is 1.38. The molecule has 0 spiro atoms. The van der Waals surface area contributed by atoms with Gasteiger partial charge in [0.1, 0.15) is 11.5 Å². The number of urea groups is 1. The van der Waals surface area contributed by atoms with E-state index in [0.717, 1.165) is 5.56 Å². The standard InChI is InChI=1S/C14H22N2O4/c1-10(9-18-2)16-14(17)15-8-11-5-12(19-3)7-13(6-11)20-4/h5-7,10H,8-9H2,1-4H3,(H2,15,16,17). The molecule has 0 aliphatic carbocycles. The average molecular weight is 282 g/mol. The molecule has 0 bridgehead atoms. The van der Waals surface area contributed by atoms with E-state index >= 15 is 0 Å². The van der Waals surface area contributed by atoms with Crippen molar-refractivity contribution in [2.24, 2.45) is 0 Å². The van der Waals surface area contributed by atoms with E-state index in [0.29, 0.717) is 24.7 Å². The van der Waals surface area contributed by atoms with Gasteiger partial charge in [-0.3, -0.25) is 0 Å². The molecular formula is C14H22N2O4. The molecule has 0 radical (unpaired) electrons. The van der Waals surface area contributed by atoms with Crippen molar-refractivity contribution in [2.75, 3.05) is 27.9 Å². The first-order valence-corrected chi connectivity index (χ1v) is 6.34. The molecule has 0 saturated carbocycles. The van der Waals surface area contributed by atoms with Gasteiger partial charge in [-0.25, -0.2) is 4.79 Å². The Hall–Kier alpha value is -1.95. The van der Waals surface area contributed by atoms with Crippen LogP contribution in [-0.4, -0.2) is 40.0 Å². The summed E-state index contributed by atoms with van der Waals surface area (Å²) in [6.07, 6.45) is 0. The van der Waals surface area contributed by atoms with Gasteiger partial charge in [0.2, 0.25) is 0 Å². The molecule has 6 nitrogen and oxygen atoms in total. The molecule has 1 aromatic carbocycles. The first-order valence-electron chi connectivity index (χ1n) is 6.34. The maximum atomic E-state index is 11.7. The van der Waals surface area contributed by atoms with Crippen molar-refractivity contribution in [2.45, 2.75) is 19.5 Å². The molecule has 1 rings (SSSR count). The summed E-state index contributed by atoms with van der Waals surface area (Å²) in [6.45, 7) is 2.73. The predicted octanol–water partition coefficient (Wildman–Crippen LogP) is 1.54. The summed E-state index contributed by atoms with van der Waals surface area (Å²) in [7, 11) is 4.77. The summed E-state index contributed by atoms with van der Waals surface area (Å²) in [5.41, 5.74) is 0.899. The number of hydrogen-bond acceptors (Lipinski definition) is 4. The van der Waals surface area contributed by atoms with E-state index in [2.05, 4.69) is 10.6 Å². The van der Waals surface area contributed by atoms with E-state index in [1.54, 1.807) is 27.4 Å². The Bertz CT molecular complexity index is 415.